The predicted molar refractivity (Wildman–Crippen MR) is 76.9 cm³/mol. The number of anilines is 1. The summed E-state index contributed by atoms with van der Waals surface area (Å²) in [5.74, 6) is 0.805. The number of nitrogens with zero attached hydrogens (tertiary/aromatic N) is 3. The first-order chi connectivity index (χ1) is 8.78. The van der Waals surface area contributed by atoms with Crippen LogP contribution in [0.3, 0.4) is 0 Å². The van der Waals surface area contributed by atoms with E-state index in [1.54, 1.807) is 18.6 Å². The van der Waals surface area contributed by atoms with E-state index in [1.165, 1.54) is 11.8 Å². The largest absolute Gasteiger partial charge is 0.369 e. The monoisotopic (exact) mass is 324 g/mol. The number of nitrogens with one attached hydrogen (secondary N) is 1. The van der Waals surface area contributed by atoms with Crippen LogP contribution in [0.2, 0.25) is 0 Å². The molecule has 6 heteroatoms. The fraction of sp³-hybridized carbons (Fsp3) is 0.250. The van der Waals surface area contributed by atoms with Crippen LogP contribution in [0.5, 0.6) is 0 Å². The first kappa shape index (κ1) is 13.3. The molecule has 0 aliphatic carbocycles. The molecular weight excluding hydrogens is 312 g/mol. The molecule has 94 valence electrons. The van der Waals surface area contributed by atoms with Crippen LogP contribution in [0.4, 0.5) is 5.82 Å². The van der Waals surface area contributed by atoms with E-state index in [4.69, 9.17) is 0 Å². The number of halogens is 1. The lowest BCUT2D eigenvalue weighted by Crippen LogP contribution is -2.02. The van der Waals surface area contributed by atoms with Crippen molar-refractivity contribution in [2.75, 3.05) is 11.9 Å². The van der Waals surface area contributed by atoms with Crippen molar-refractivity contribution in [2.45, 2.75) is 23.4 Å². The first-order valence-corrected chi connectivity index (χ1v) is 7.24. The van der Waals surface area contributed by atoms with E-state index in [0.29, 0.717) is 0 Å². The van der Waals surface area contributed by atoms with Crippen molar-refractivity contribution in [1.29, 1.82) is 0 Å². The Morgan fingerprint density at radius 3 is 2.83 bits per heavy atom. The Morgan fingerprint density at radius 2 is 2.11 bits per heavy atom. The van der Waals surface area contributed by atoms with Gasteiger partial charge in [-0.15, -0.1) is 0 Å². The van der Waals surface area contributed by atoms with Crippen molar-refractivity contribution < 1.29 is 0 Å². The lowest BCUT2D eigenvalue weighted by molar-refractivity contribution is 0.947. The van der Waals surface area contributed by atoms with Gasteiger partial charge in [-0.25, -0.2) is 9.97 Å². The summed E-state index contributed by atoms with van der Waals surface area (Å²) >= 11 is 4.86. The minimum atomic E-state index is 0.805. The molecule has 2 aromatic heterocycles. The maximum absolute atomic E-state index is 4.47. The van der Waals surface area contributed by atoms with E-state index in [1.807, 2.05) is 12.1 Å². The highest BCUT2D eigenvalue weighted by molar-refractivity contribution is 9.10. The molecule has 0 spiro atoms. The van der Waals surface area contributed by atoms with Crippen molar-refractivity contribution >= 4 is 33.5 Å². The maximum atomic E-state index is 4.47. The van der Waals surface area contributed by atoms with E-state index in [-0.39, 0.29) is 0 Å². The quantitative estimate of drug-likeness (QED) is 0.910. The molecule has 0 aromatic carbocycles. The molecule has 2 aromatic rings. The van der Waals surface area contributed by atoms with Gasteiger partial charge in [0.05, 0.1) is 12.4 Å². The molecule has 0 saturated carbocycles. The van der Waals surface area contributed by atoms with Crippen LogP contribution < -0.4 is 5.32 Å². The minimum Gasteiger partial charge on any atom is -0.369 e. The Labute approximate surface area is 119 Å². The van der Waals surface area contributed by atoms with Crippen molar-refractivity contribution in [3.63, 3.8) is 0 Å². The topological polar surface area (TPSA) is 50.7 Å². The summed E-state index contributed by atoms with van der Waals surface area (Å²) in [6.45, 7) is 3.02. The molecule has 2 heterocycles. The summed E-state index contributed by atoms with van der Waals surface area (Å²) < 4.78 is 0.969. The molecule has 0 amide bonds. The normalized spacial score (nSPS) is 10.3. The van der Waals surface area contributed by atoms with Crippen LogP contribution in [-0.4, -0.2) is 21.5 Å². The van der Waals surface area contributed by atoms with Crippen LogP contribution in [0.15, 0.2) is 45.2 Å². The van der Waals surface area contributed by atoms with Gasteiger partial charge in [-0.05, 0) is 46.2 Å². The second kappa shape index (κ2) is 6.70. The Kier molecular flexibility index (Phi) is 4.95. The first-order valence-electron chi connectivity index (χ1n) is 5.63. The zero-order chi connectivity index (χ0) is 12.8. The van der Waals surface area contributed by atoms with Crippen LogP contribution in [0.1, 0.15) is 13.3 Å². The number of aromatic nitrogens is 3. The predicted octanol–water partition coefficient (Wildman–Crippen LogP) is 3.61. The second-order valence-electron chi connectivity index (χ2n) is 3.59. The van der Waals surface area contributed by atoms with E-state index in [0.717, 1.165) is 33.3 Å². The number of hydrogen-bond donors (Lipinski definition) is 1. The van der Waals surface area contributed by atoms with Crippen LogP contribution in [0, 0.1) is 0 Å². The SMILES string of the molecule is CCCNc1cncc(Sc2ccc(Br)cn2)n1. The average Bonchev–Trinajstić information content (AvgIpc) is 2.40. The molecule has 0 fully saturated rings. The Hall–Kier alpha value is -1.14. The summed E-state index contributed by atoms with van der Waals surface area (Å²) in [5.41, 5.74) is 0. The Morgan fingerprint density at radius 1 is 1.22 bits per heavy atom. The summed E-state index contributed by atoms with van der Waals surface area (Å²) in [4.78, 5) is 12.9. The molecule has 1 N–H and O–H groups in total. The third kappa shape index (κ3) is 3.96. The van der Waals surface area contributed by atoms with E-state index in [9.17, 15) is 0 Å². The zero-order valence-electron chi connectivity index (χ0n) is 9.93. The van der Waals surface area contributed by atoms with Gasteiger partial charge in [-0.1, -0.05) is 6.92 Å². The third-order valence-corrected chi connectivity index (χ3v) is 3.40. The second-order valence-corrected chi connectivity index (χ2v) is 5.54. The fourth-order valence-corrected chi connectivity index (χ4v) is 2.21. The van der Waals surface area contributed by atoms with Crippen molar-refractivity contribution in [3.05, 3.63) is 35.2 Å². The molecular formula is C12H13BrN4S. The van der Waals surface area contributed by atoms with Gasteiger partial charge < -0.3 is 5.32 Å². The van der Waals surface area contributed by atoms with Crippen LogP contribution >= 0.6 is 27.7 Å². The molecule has 2 rings (SSSR count). The lowest BCUT2D eigenvalue weighted by Gasteiger charge is -2.05. The summed E-state index contributed by atoms with van der Waals surface area (Å²) in [7, 11) is 0. The van der Waals surface area contributed by atoms with Gasteiger partial charge in [0.2, 0.25) is 0 Å². The average molecular weight is 325 g/mol. The number of hydrogen-bond acceptors (Lipinski definition) is 5. The Balaban J connectivity index is 2.06. The van der Waals surface area contributed by atoms with E-state index < -0.39 is 0 Å². The third-order valence-electron chi connectivity index (χ3n) is 2.08. The highest BCUT2D eigenvalue weighted by atomic mass is 79.9. The maximum Gasteiger partial charge on any atom is 0.145 e. The molecule has 0 radical (unpaired) electrons. The summed E-state index contributed by atoms with van der Waals surface area (Å²) in [6, 6.07) is 3.91. The van der Waals surface area contributed by atoms with Crippen molar-refractivity contribution in [1.82, 2.24) is 15.0 Å². The van der Waals surface area contributed by atoms with Gasteiger partial charge in [0.1, 0.15) is 15.9 Å². The van der Waals surface area contributed by atoms with Crippen molar-refractivity contribution in [2.24, 2.45) is 0 Å². The molecule has 0 saturated heterocycles. The summed E-state index contributed by atoms with van der Waals surface area (Å²) in [5, 5.41) is 4.96. The molecule has 4 nitrogen and oxygen atoms in total. The van der Waals surface area contributed by atoms with Crippen LogP contribution in [0.25, 0.3) is 0 Å². The zero-order valence-corrected chi connectivity index (χ0v) is 12.3. The van der Waals surface area contributed by atoms with Gasteiger partial charge in [-0.2, -0.15) is 0 Å². The highest BCUT2D eigenvalue weighted by Gasteiger charge is 2.02. The highest BCUT2D eigenvalue weighted by Crippen LogP contribution is 2.25. The molecule has 0 aliphatic rings. The molecule has 0 aliphatic heterocycles. The number of rotatable bonds is 5. The lowest BCUT2D eigenvalue weighted by atomic mass is 10.5. The molecule has 0 bridgehead atoms. The van der Waals surface area contributed by atoms with Gasteiger partial charge in [0.15, 0.2) is 0 Å². The van der Waals surface area contributed by atoms with Crippen LogP contribution in [-0.2, 0) is 0 Å². The van der Waals surface area contributed by atoms with E-state index in [2.05, 4.69) is 43.1 Å². The fourth-order valence-electron chi connectivity index (χ4n) is 1.27. The molecule has 18 heavy (non-hydrogen) atoms. The van der Waals surface area contributed by atoms with Gasteiger partial charge in [0, 0.05) is 17.2 Å². The van der Waals surface area contributed by atoms with Crippen molar-refractivity contribution in [3.8, 4) is 0 Å². The number of pyridine rings is 1. The van der Waals surface area contributed by atoms with Gasteiger partial charge in [0.25, 0.3) is 0 Å². The standard InChI is InChI=1S/C12H13BrN4S/c1-2-5-15-10-7-14-8-12(17-10)18-11-4-3-9(13)6-16-11/h3-4,6-8H,2,5H2,1H3,(H,15,17). The summed E-state index contributed by atoms with van der Waals surface area (Å²) in [6.07, 6.45) is 6.31. The molecule has 0 unspecified atom stereocenters. The van der Waals surface area contributed by atoms with Gasteiger partial charge >= 0.3 is 0 Å². The van der Waals surface area contributed by atoms with Gasteiger partial charge in [-0.3, -0.25) is 4.98 Å². The minimum absolute atomic E-state index is 0.805. The smallest absolute Gasteiger partial charge is 0.145 e. The van der Waals surface area contributed by atoms with E-state index >= 15 is 0 Å². The molecule has 0 atom stereocenters. The Bertz CT molecular complexity index is 504.